The second kappa shape index (κ2) is 6.90. The Morgan fingerprint density at radius 2 is 1.95 bits per heavy atom. The first-order valence-corrected chi connectivity index (χ1v) is 8.34. The van der Waals surface area contributed by atoms with Crippen LogP contribution in [-0.4, -0.2) is 6.54 Å². The summed E-state index contributed by atoms with van der Waals surface area (Å²) in [6.45, 7) is 5.58. The number of halogens is 1. The van der Waals surface area contributed by atoms with Gasteiger partial charge in [0.2, 0.25) is 0 Å². The summed E-state index contributed by atoms with van der Waals surface area (Å²) in [5, 5.41) is 0. The fourth-order valence-electron chi connectivity index (χ4n) is 3.48. The lowest BCUT2D eigenvalue weighted by Gasteiger charge is -2.37. The number of nitrogens with two attached hydrogens (primary N) is 1. The highest BCUT2D eigenvalue weighted by Gasteiger charge is 2.31. The van der Waals surface area contributed by atoms with Crippen molar-refractivity contribution in [1.29, 1.82) is 0 Å². The van der Waals surface area contributed by atoms with Crippen LogP contribution in [0.5, 0.6) is 0 Å². The van der Waals surface area contributed by atoms with E-state index in [0.29, 0.717) is 5.92 Å². The molecule has 0 bridgehead atoms. The smallest absolute Gasteiger partial charge is 0.0207 e. The molecule has 1 aliphatic carbocycles. The standard InChI is InChI=1S/C17H26BrN/c1-12(2)13-7-8-15(11-19)16(9-13)10-14-5-3-4-6-17(14)18/h3-6,12-13,15-16H,7-11,19H2,1-2H3. The van der Waals surface area contributed by atoms with Crippen LogP contribution in [0.25, 0.3) is 0 Å². The summed E-state index contributed by atoms with van der Waals surface area (Å²) in [7, 11) is 0. The second-order valence-corrected chi connectivity index (χ2v) is 7.22. The summed E-state index contributed by atoms with van der Waals surface area (Å²) in [6, 6.07) is 8.62. The van der Waals surface area contributed by atoms with Gasteiger partial charge in [0.15, 0.2) is 0 Å². The highest BCUT2D eigenvalue weighted by Crippen LogP contribution is 2.39. The number of rotatable bonds is 4. The van der Waals surface area contributed by atoms with Crippen molar-refractivity contribution in [2.24, 2.45) is 29.4 Å². The summed E-state index contributed by atoms with van der Waals surface area (Å²) >= 11 is 3.68. The van der Waals surface area contributed by atoms with Gasteiger partial charge in [0, 0.05) is 4.47 Å². The molecule has 3 unspecified atom stereocenters. The maximum absolute atomic E-state index is 6.00. The van der Waals surface area contributed by atoms with Crippen molar-refractivity contribution in [3.8, 4) is 0 Å². The third-order valence-corrected chi connectivity index (χ3v) is 5.64. The van der Waals surface area contributed by atoms with E-state index >= 15 is 0 Å². The number of hydrogen-bond acceptors (Lipinski definition) is 1. The first-order valence-electron chi connectivity index (χ1n) is 7.55. The lowest BCUT2D eigenvalue weighted by atomic mass is 9.69. The zero-order chi connectivity index (χ0) is 13.8. The molecule has 2 N–H and O–H groups in total. The molecule has 0 aromatic heterocycles. The molecule has 106 valence electrons. The lowest BCUT2D eigenvalue weighted by Crippen LogP contribution is -2.33. The van der Waals surface area contributed by atoms with Gasteiger partial charge in [-0.05, 0) is 67.5 Å². The Balaban J connectivity index is 2.08. The average molecular weight is 324 g/mol. The Kier molecular flexibility index (Phi) is 5.47. The molecule has 0 spiro atoms. The van der Waals surface area contributed by atoms with E-state index in [-0.39, 0.29) is 0 Å². The molecule has 0 radical (unpaired) electrons. The SMILES string of the molecule is CC(C)C1CCC(CN)C(Cc2ccccc2Br)C1. The molecule has 2 heteroatoms. The van der Waals surface area contributed by atoms with E-state index in [1.165, 1.54) is 35.7 Å². The predicted octanol–water partition coefficient (Wildman–Crippen LogP) is 4.64. The molecule has 0 heterocycles. The summed E-state index contributed by atoms with van der Waals surface area (Å²) in [5.41, 5.74) is 7.44. The van der Waals surface area contributed by atoms with Crippen LogP contribution in [0.3, 0.4) is 0 Å². The number of hydrogen-bond donors (Lipinski definition) is 1. The molecule has 0 aliphatic heterocycles. The highest BCUT2D eigenvalue weighted by molar-refractivity contribution is 9.10. The van der Waals surface area contributed by atoms with Crippen molar-refractivity contribution in [1.82, 2.24) is 0 Å². The van der Waals surface area contributed by atoms with Crippen molar-refractivity contribution < 1.29 is 0 Å². The minimum Gasteiger partial charge on any atom is -0.330 e. The van der Waals surface area contributed by atoms with Crippen molar-refractivity contribution >= 4 is 15.9 Å². The van der Waals surface area contributed by atoms with E-state index in [0.717, 1.165) is 24.3 Å². The molecular formula is C17H26BrN. The van der Waals surface area contributed by atoms with E-state index in [4.69, 9.17) is 5.73 Å². The highest BCUT2D eigenvalue weighted by atomic mass is 79.9. The average Bonchev–Trinajstić information content (AvgIpc) is 2.41. The van der Waals surface area contributed by atoms with Gasteiger partial charge in [-0.1, -0.05) is 48.0 Å². The summed E-state index contributed by atoms with van der Waals surface area (Å²) in [4.78, 5) is 0. The van der Waals surface area contributed by atoms with E-state index in [1.54, 1.807) is 0 Å². The normalized spacial score (nSPS) is 27.7. The van der Waals surface area contributed by atoms with Gasteiger partial charge < -0.3 is 5.73 Å². The molecular weight excluding hydrogens is 298 g/mol. The molecule has 2 rings (SSSR count). The minimum absolute atomic E-state index is 0.710. The zero-order valence-corrected chi connectivity index (χ0v) is 13.7. The van der Waals surface area contributed by atoms with Gasteiger partial charge in [0.05, 0.1) is 0 Å². The summed E-state index contributed by atoms with van der Waals surface area (Å²) in [6.07, 6.45) is 5.20. The minimum atomic E-state index is 0.710. The van der Waals surface area contributed by atoms with E-state index in [1.807, 2.05) is 0 Å². The monoisotopic (exact) mass is 323 g/mol. The fraction of sp³-hybridized carbons (Fsp3) is 0.647. The Morgan fingerprint density at radius 1 is 1.21 bits per heavy atom. The molecule has 1 fully saturated rings. The van der Waals surface area contributed by atoms with Crippen molar-refractivity contribution in [3.05, 3.63) is 34.3 Å². The van der Waals surface area contributed by atoms with E-state index < -0.39 is 0 Å². The van der Waals surface area contributed by atoms with Gasteiger partial charge in [0.25, 0.3) is 0 Å². The van der Waals surface area contributed by atoms with Gasteiger partial charge in [-0.15, -0.1) is 0 Å². The molecule has 3 atom stereocenters. The summed E-state index contributed by atoms with van der Waals surface area (Å²) < 4.78 is 1.25. The van der Waals surface area contributed by atoms with Crippen LogP contribution < -0.4 is 5.73 Å². The Bertz CT molecular complexity index is 402. The third kappa shape index (κ3) is 3.82. The second-order valence-electron chi connectivity index (χ2n) is 6.37. The van der Waals surface area contributed by atoms with Crippen LogP contribution >= 0.6 is 15.9 Å². The lowest BCUT2D eigenvalue weighted by molar-refractivity contribution is 0.151. The predicted molar refractivity (Wildman–Crippen MR) is 86.1 cm³/mol. The van der Waals surface area contributed by atoms with Gasteiger partial charge in [0.1, 0.15) is 0 Å². The van der Waals surface area contributed by atoms with E-state index in [2.05, 4.69) is 54.0 Å². The van der Waals surface area contributed by atoms with Gasteiger partial charge in [-0.3, -0.25) is 0 Å². The maximum atomic E-state index is 6.00. The van der Waals surface area contributed by atoms with Crippen molar-refractivity contribution in [3.63, 3.8) is 0 Å². The molecule has 0 saturated heterocycles. The Labute approximate surface area is 126 Å². The molecule has 1 aromatic rings. The molecule has 1 nitrogen and oxygen atoms in total. The maximum Gasteiger partial charge on any atom is 0.0207 e. The molecule has 19 heavy (non-hydrogen) atoms. The van der Waals surface area contributed by atoms with Crippen LogP contribution in [0, 0.1) is 23.7 Å². The Morgan fingerprint density at radius 3 is 2.58 bits per heavy atom. The largest absolute Gasteiger partial charge is 0.330 e. The first kappa shape index (κ1) is 15.1. The zero-order valence-electron chi connectivity index (χ0n) is 12.1. The van der Waals surface area contributed by atoms with Crippen molar-refractivity contribution in [2.75, 3.05) is 6.54 Å². The van der Waals surface area contributed by atoms with Gasteiger partial charge in [-0.25, -0.2) is 0 Å². The van der Waals surface area contributed by atoms with Crippen LogP contribution in [-0.2, 0) is 6.42 Å². The fourth-order valence-corrected chi connectivity index (χ4v) is 3.92. The third-order valence-electron chi connectivity index (χ3n) is 4.87. The van der Waals surface area contributed by atoms with E-state index in [9.17, 15) is 0 Å². The molecule has 1 saturated carbocycles. The molecule has 1 aliphatic rings. The Hall–Kier alpha value is -0.340. The quantitative estimate of drug-likeness (QED) is 0.858. The van der Waals surface area contributed by atoms with Crippen LogP contribution in [0.1, 0.15) is 38.7 Å². The van der Waals surface area contributed by atoms with Crippen molar-refractivity contribution in [2.45, 2.75) is 39.5 Å². The molecule has 0 amide bonds. The number of benzene rings is 1. The van der Waals surface area contributed by atoms with Crippen LogP contribution in [0.15, 0.2) is 28.7 Å². The summed E-state index contributed by atoms with van der Waals surface area (Å²) in [5.74, 6) is 3.16. The van der Waals surface area contributed by atoms with Crippen LogP contribution in [0.2, 0.25) is 0 Å². The topological polar surface area (TPSA) is 26.0 Å². The first-order chi connectivity index (χ1) is 9.11. The van der Waals surface area contributed by atoms with Crippen LogP contribution in [0.4, 0.5) is 0 Å². The van der Waals surface area contributed by atoms with Gasteiger partial charge >= 0.3 is 0 Å². The van der Waals surface area contributed by atoms with Gasteiger partial charge in [-0.2, -0.15) is 0 Å². The molecule has 1 aromatic carbocycles.